The quantitative estimate of drug-likeness (QED) is 0.662. The second-order valence-corrected chi connectivity index (χ2v) is 4.52. The lowest BCUT2D eigenvalue weighted by Gasteiger charge is -2.09. The zero-order chi connectivity index (χ0) is 13.9. The molecule has 1 N–H and O–H groups in total. The van der Waals surface area contributed by atoms with Crippen LogP contribution in [0.5, 0.6) is 5.75 Å². The summed E-state index contributed by atoms with van der Waals surface area (Å²) in [6.07, 6.45) is 3.30. The van der Waals surface area contributed by atoms with Gasteiger partial charge in [0.25, 0.3) is 0 Å². The summed E-state index contributed by atoms with van der Waals surface area (Å²) in [5.74, 6) is 0.358. The van der Waals surface area contributed by atoms with E-state index in [0.29, 0.717) is 25.5 Å². The van der Waals surface area contributed by atoms with E-state index in [1.165, 1.54) is 12.1 Å². The first kappa shape index (κ1) is 15.9. The fraction of sp³-hybridized carbons (Fsp3) is 0.600. The second kappa shape index (κ2) is 9.75. The summed E-state index contributed by atoms with van der Waals surface area (Å²) in [6.45, 7) is 4.81. The van der Waals surface area contributed by atoms with E-state index in [9.17, 15) is 4.39 Å². The van der Waals surface area contributed by atoms with Gasteiger partial charge in [0.15, 0.2) is 0 Å². The van der Waals surface area contributed by atoms with Crippen LogP contribution in [0.4, 0.5) is 4.39 Å². The zero-order valence-electron chi connectivity index (χ0n) is 11.9. The Bertz CT molecular complexity index is 328. The molecule has 19 heavy (non-hydrogen) atoms. The maximum absolute atomic E-state index is 13.4. The Labute approximate surface area is 115 Å². The molecule has 0 aliphatic heterocycles. The number of benzene rings is 1. The standard InChI is InChI=1S/C15H24FNO2/c1-3-4-5-7-19-15-10-13(9-14(16)11-15)12-17-6-8-18-2/h9-11,17H,3-8,12H2,1-2H3. The molecule has 0 bridgehead atoms. The van der Waals surface area contributed by atoms with Gasteiger partial charge < -0.3 is 14.8 Å². The molecular formula is C15H24FNO2. The summed E-state index contributed by atoms with van der Waals surface area (Å²) >= 11 is 0. The smallest absolute Gasteiger partial charge is 0.127 e. The predicted molar refractivity (Wildman–Crippen MR) is 75.0 cm³/mol. The Morgan fingerprint density at radius 2 is 2.00 bits per heavy atom. The summed E-state index contributed by atoms with van der Waals surface area (Å²) in [5, 5.41) is 3.19. The highest BCUT2D eigenvalue weighted by Gasteiger charge is 2.02. The highest BCUT2D eigenvalue weighted by Crippen LogP contribution is 2.17. The Morgan fingerprint density at radius 3 is 2.74 bits per heavy atom. The van der Waals surface area contributed by atoms with Crippen LogP contribution in [-0.4, -0.2) is 26.9 Å². The van der Waals surface area contributed by atoms with Crippen LogP contribution >= 0.6 is 0 Å². The Hall–Kier alpha value is -1.13. The minimum absolute atomic E-state index is 0.253. The SMILES string of the molecule is CCCCCOc1cc(F)cc(CNCCOC)c1. The van der Waals surface area contributed by atoms with Crippen molar-refractivity contribution in [2.75, 3.05) is 26.9 Å². The van der Waals surface area contributed by atoms with E-state index in [4.69, 9.17) is 9.47 Å². The van der Waals surface area contributed by atoms with Crippen molar-refractivity contribution < 1.29 is 13.9 Å². The fourth-order valence-corrected chi connectivity index (χ4v) is 1.76. The van der Waals surface area contributed by atoms with Crippen LogP contribution in [0, 0.1) is 5.82 Å². The first-order valence-electron chi connectivity index (χ1n) is 6.88. The lowest BCUT2D eigenvalue weighted by Crippen LogP contribution is -2.18. The van der Waals surface area contributed by atoms with Crippen molar-refractivity contribution in [3.8, 4) is 5.75 Å². The molecule has 0 aliphatic carbocycles. The first-order chi connectivity index (χ1) is 9.26. The van der Waals surface area contributed by atoms with E-state index in [2.05, 4.69) is 12.2 Å². The minimum Gasteiger partial charge on any atom is -0.493 e. The predicted octanol–water partition coefficient (Wildman–Crippen LogP) is 3.13. The van der Waals surface area contributed by atoms with Gasteiger partial charge in [0.05, 0.1) is 13.2 Å². The zero-order valence-corrected chi connectivity index (χ0v) is 11.9. The number of rotatable bonds is 10. The van der Waals surface area contributed by atoms with Crippen LogP contribution in [-0.2, 0) is 11.3 Å². The van der Waals surface area contributed by atoms with Crippen molar-refractivity contribution in [2.24, 2.45) is 0 Å². The number of unbranched alkanes of at least 4 members (excludes halogenated alkanes) is 2. The van der Waals surface area contributed by atoms with E-state index in [1.807, 2.05) is 6.07 Å². The van der Waals surface area contributed by atoms with Gasteiger partial charge in [-0.3, -0.25) is 0 Å². The van der Waals surface area contributed by atoms with Crippen molar-refractivity contribution in [1.82, 2.24) is 5.32 Å². The summed E-state index contributed by atoms with van der Waals surface area (Å²) in [4.78, 5) is 0. The first-order valence-corrected chi connectivity index (χ1v) is 6.88. The number of hydrogen-bond acceptors (Lipinski definition) is 3. The van der Waals surface area contributed by atoms with E-state index in [0.717, 1.165) is 31.4 Å². The van der Waals surface area contributed by atoms with Crippen LogP contribution in [0.1, 0.15) is 31.7 Å². The number of ether oxygens (including phenoxy) is 2. The third-order valence-electron chi connectivity index (χ3n) is 2.76. The van der Waals surface area contributed by atoms with Gasteiger partial charge in [-0.25, -0.2) is 4.39 Å². The number of nitrogens with one attached hydrogen (secondary N) is 1. The van der Waals surface area contributed by atoms with Crippen LogP contribution in [0.25, 0.3) is 0 Å². The molecule has 0 aliphatic rings. The molecule has 3 nitrogen and oxygen atoms in total. The van der Waals surface area contributed by atoms with Crippen molar-refractivity contribution in [3.63, 3.8) is 0 Å². The van der Waals surface area contributed by atoms with Gasteiger partial charge in [-0.15, -0.1) is 0 Å². The minimum atomic E-state index is -0.253. The molecular weight excluding hydrogens is 245 g/mol. The summed E-state index contributed by atoms with van der Waals surface area (Å²) < 4.78 is 24.0. The molecule has 0 spiro atoms. The third-order valence-corrected chi connectivity index (χ3v) is 2.76. The highest BCUT2D eigenvalue weighted by atomic mass is 19.1. The van der Waals surface area contributed by atoms with Gasteiger partial charge in [0, 0.05) is 26.3 Å². The molecule has 1 aromatic carbocycles. The molecule has 0 saturated heterocycles. The molecule has 0 amide bonds. The normalized spacial score (nSPS) is 10.7. The molecule has 108 valence electrons. The second-order valence-electron chi connectivity index (χ2n) is 4.52. The maximum Gasteiger partial charge on any atom is 0.127 e. The molecule has 0 atom stereocenters. The van der Waals surface area contributed by atoms with E-state index in [-0.39, 0.29) is 5.82 Å². The number of hydrogen-bond donors (Lipinski definition) is 1. The van der Waals surface area contributed by atoms with E-state index < -0.39 is 0 Å². The maximum atomic E-state index is 13.4. The fourth-order valence-electron chi connectivity index (χ4n) is 1.76. The van der Waals surface area contributed by atoms with E-state index >= 15 is 0 Å². The molecule has 4 heteroatoms. The lowest BCUT2D eigenvalue weighted by molar-refractivity contribution is 0.199. The van der Waals surface area contributed by atoms with Crippen molar-refractivity contribution in [2.45, 2.75) is 32.7 Å². The third kappa shape index (κ3) is 7.13. The molecule has 0 radical (unpaired) electrons. The van der Waals surface area contributed by atoms with Crippen LogP contribution in [0.15, 0.2) is 18.2 Å². The van der Waals surface area contributed by atoms with Crippen molar-refractivity contribution in [3.05, 3.63) is 29.6 Å². The van der Waals surface area contributed by atoms with Gasteiger partial charge in [0.1, 0.15) is 11.6 Å². The largest absolute Gasteiger partial charge is 0.493 e. The Morgan fingerprint density at radius 1 is 1.16 bits per heavy atom. The van der Waals surface area contributed by atoms with Gasteiger partial charge >= 0.3 is 0 Å². The Kier molecular flexibility index (Phi) is 8.18. The molecule has 0 saturated carbocycles. The van der Waals surface area contributed by atoms with Crippen molar-refractivity contribution >= 4 is 0 Å². The van der Waals surface area contributed by atoms with Crippen LogP contribution in [0.2, 0.25) is 0 Å². The highest BCUT2D eigenvalue weighted by molar-refractivity contribution is 5.29. The molecule has 1 aromatic rings. The van der Waals surface area contributed by atoms with Gasteiger partial charge in [-0.05, 0) is 24.1 Å². The molecule has 1 rings (SSSR count). The van der Waals surface area contributed by atoms with Crippen molar-refractivity contribution in [1.29, 1.82) is 0 Å². The van der Waals surface area contributed by atoms with Crippen LogP contribution in [0.3, 0.4) is 0 Å². The topological polar surface area (TPSA) is 30.5 Å². The van der Waals surface area contributed by atoms with Gasteiger partial charge in [-0.2, -0.15) is 0 Å². The summed E-state index contributed by atoms with van der Waals surface area (Å²) in [5.41, 5.74) is 0.890. The molecule has 0 aromatic heterocycles. The molecule has 0 unspecified atom stereocenters. The summed E-state index contributed by atoms with van der Waals surface area (Å²) in [6, 6.07) is 4.85. The number of methoxy groups -OCH3 is 1. The van der Waals surface area contributed by atoms with E-state index in [1.54, 1.807) is 7.11 Å². The monoisotopic (exact) mass is 269 g/mol. The van der Waals surface area contributed by atoms with Gasteiger partial charge in [0.2, 0.25) is 0 Å². The average molecular weight is 269 g/mol. The summed E-state index contributed by atoms with van der Waals surface area (Å²) in [7, 11) is 1.66. The Balaban J connectivity index is 2.41. The molecule has 0 fully saturated rings. The average Bonchev–Trinajstić information content (AvgIpc) is 2.39. The van der Waals surface area contributed by atoms with Crippen LogP contribution < -0.4 is 10.1 Å². The lowest BCUT2D eigenvalue weighted by atomic mass is 10.2. The molecule has 0 heterocycles. The van der Waals surface area contributed by atoms with Gasteiger partial charge in [-0.1, -0.05) is 19.8 Å². The number of halogens is 1.